The molecule has 0 aliphatic heterocycles. The van der Waals surface area contributed by atoms with Gasteiger partial charge in [-0.05, 0) is 71.1 Å². The lowest BCUT2D eigenvalue weighted by Gasteiger charge is -2.10. The number of hydrogen-bond donors (Lipinski definition) is 0. The molecular weight excluding hydrogens is 488 g/mol. The molecule has 0 spiro atoms. The van der Waals surface area contributed by atoms with Crippen LogP contribution in [0.25, 0.3) is 76.6 Å². The average molecular weight is 511 g/mol. The summed E-state index contributed by atoms with van der Waals surface area (Å²) in [7, 11) is 0. The Bertz CT molecular complexity index is 2500. The van der Waals surface area contributed by atoms with E-state index in [0.29, 0.717) is 0 Å². The summed E-state index contributed by atoms with van der Waals surface area (Å²) in [6, 6.07) is 46.7. The van der Waals surface area contributed by atoms with E-state index >= 15 is 0 Å². The van der Waals surface area contributed by atoms with Gasteiger partial charge in [-0.1, -0.05) is 78.9 Å². The molecule has 3 heteroatoms. The van der Waals surface area contributed by atoms with Crippen molar-refractivity contribution >= 4 is 59.8 Å². The van der Waals surface area contributed by atoms with Crippen LogP contribution in [-0.2, 0) is 0 Å². The minimum atomic E-state index is 0.0391. The highest BCUT2D eigenvalue weighted by atomic mass is 16.1. The molecule has 3 nitrogen and oxygen atoms in total. The number of pyridine rings is 1. The van der Waals surface area contributed by atoms with Crippen molar-refractivity contribution in [3.8, 4) is 16.8 Å². The predicted molar refractivity (Wildman–Crippen MR) is 167 cm³/mol. The van der Waals surface area contributed by atoms with Crippen LogP contribution in [0.4, 0.5) is 0 Å². The molecule has 6 aromatic carbocycles. The van der Waals surface area contributed by atoms with Crippen molar-refractivity contribution in [3.63, 3.8) is 0 Å². The molecule has 40 heavy (non-hydrogen) atoms. The van der Waals surface area contributed by atoms with Crippen molar-refractivity contribution in [2.45, 2.75) is 0 Å². The van der Waals surface area contributed by atoms with Crippen LogP contribution in [0.5, 0.6) is 0 Å². The van der Waals surface area contributed by atoms with Crippen molar-refractivity contribution in [3.05, 3.63) is 144 Å². The van der Waals surface area contributed by atoms with Crippen LogP contribution < -0.4 is 5.56 Å². The van der Waals surface area contributed by atoms with Gasteiger partial charge in [0.15, 0.2) is 0 Å². The van der Waals surface area contributed by atoms with Gasteiger partial charge in [-0.2, -0.15) is 0 Å². The molecule has 0 saturated heterocycles. The number of aromatic nitrogens is 2. The predicted octanol–water partition coefficient (Wildman–Crippen LogP) is 8.96. The Balaban J connectivity index is 1.40. The highest BCUT2D eigenvalue weighted by Gasteiger charge is 2.19. The second-order valence-electron chi connectivity index (χ2n) is 10.5. The Hall–Kier alpha value is -5.41. The summed E-state index contributed by atoms with van der Waals surface area (Å²) in [5.74, 6) is 0. The molecule has 0 aliphatic carbocycles. The normalized spacial score (nSPS) is 12.1. The maximum atomic E-state index is 13.7. The largest absolute Gasteiger partial charge is 0.309 e. The van der Waals surface area contributed by atoms with E-state index in [4.69, 9.17) is 0 Å². The molecular formula is C37H22N2O. The van der Waals surface area contributed by atoms with Crippen LogP contribution in [0.1, 0.15) is 0 Å². The summed E-state index contributed by atoms with van der Waals surface area (Å²) in [5, 5.41) is 7.52. The zero-order valence-electron chi connectivity index (χ0n) is 21.5. The van der Waals surface area contributed by atoms with Crippen molar-refractivity contribution < 1.29 is 0 Å². The zero-order chi connectivity index (χ0) is 26.4. The van der Waals surface area contributed by atoms with E-state index in [9.17, 15) is 4.79 Å². The molecule has 9 aromatic rings. The Morgan fingerprint density at radius 2 is 0.950 bits per heavy atom. The summed E-state index contributed by atoms with van der Waals surface area (Å²) >= 11 is 0. The molecule has 9 rings (SSSR count). The first-order valence-corrected chi connectivity index (χ1v) is 13.6. The van der Waals surface area contributed by atoms with Crippen LogP contribution >= 0.6 is 0 Å². The smallest absolute Gasteiger partial charge is 0.263 e. The number of fused-ring (bicyclic) bond motifs is 8. The third kappa shape index (κ3) is 2.76. The fourth-order valence-corrected chi connectivity index (χ4v) is 6.71. The van der Waals surface area contributed by atoms with Gasteiger partial charge in [0.1, 0.15) is 0 Å². The molecule has 0 radical (unpaired) electrons. The standard InChI is InChI=1S/C37H22N2O/c40-37-29-15-5-4-12-26(29)31-21-24(22-32-28-14-7-9-17-34(28)39(37)36(31)32)23-18-19-35-30(20-23)27-13-6-8-16-33(27)38(35)25-10-2-1-3-11-25/h1-22H. The second-order valence-corrected chi connectivity index (χ2v) is 10.5. The first-order chi connectivity index (χ1) is 19.8. The summed E-state index contributed by atoms with van der Waals surface area (Å²) in [6.07, 6.45) is 0. The van der Waals surface area contributed by atoms with E-state index < -0.39 is 0 Å². The number of hydrogen-bond acceptors (Lipinski definition) is 1. The van der Waals surface area contributed by atoms with Crippen molar-refractivity contribution in [1.29, 1.82) is 0 Å². The van der Waals surface area contributed by atoms with Gasteiger partial charge in [0.25, 0.3) is 5.56 Å². The first-order valence-electron chi connectivity index (χ1n) is 13.6. The van der Waals surface area contributed by atoms with E-state index in [0.717, 1.165) is 54.8 Å². The van der Waals surface area contributed by atoms with Gasteiger partial charge in [0.05, 0.1) is 22.1 Å². The van der Waals surface area contributed by atoms with Gasteiger partial charge in [0, 0.05) is 38.0 Å². The van der Waals surface area contributed by atoms with Gasteiger partial charge in [-0.3, -0.25) is 9.20 Å². The molecule has 0 N–H and O–H groups in total. The first kappa shape index (κ1) is 21.5. The van der Waals surface area contributed by atoms with Gasteiger partial charge in [-0.25, -0.2) is 0 Å². The fraction of sp³-hybridized carbons (Fsp3) is 0. The molecule has 3 aromatic heterocycles. The molecule has 0 unspecified atom stereocenters. The Morgan fingerprint density at radius 1 is 0.400 bits per heavy atom. The molecule has 186 valence electrons. The quantitative estimate of drug-likeness (QED) is 0.213. The Kier molecular flexibility index (Phi) is 4.20. The van der Waals surface area contributed by atoms with E-state index in [1.807, 2.05) is 28.7 Å². The number of benzene rings is 6. The number of nitrogens with zero attached hydrogens (tertiary/aromatic N) is 2. The third-order valence-electron chi connectivity index (χ3n) is 8.44. The average Bonchev–Trinajstić information content (AvgIpc) is 3.53. The van der Waals surface area contributed by atoms with Crippen LogP contribution in [0.3, 0.4) is 0 Å². The SMILES string of the molecule is O=c1c2ccccc2c2cc(-c3ccc4c(c3)c3ccccc3n4-c3ccccc3)cc3c4ccccc4n1c23. The minimum Gasteiger partial charge on any atom is -0.309 e. The molecule has 0 fully saturated rings. The zero-order valence-corrected chi connectivity index (χ0v) is 21.5. The number of para-hydroxylation sites is 3. The summed E-state index contributed by atoms with van der Waals surface area (Å²) in [4.78, 5) is 13.7. The van der Waals surface area contributed by atoms with Gasteiger partial charge >= 0.3 is 0 Å². The Labute approximate surface area is 229 Å². The molecule has 0 bridgehead atoms. The van der Waals surface area contributed by atoms with Gasteiger partial charge < -0.3 is 4.57 Å². The fourth-order valence-electron chi connectivity index (χ4n) is 6.71. The van der Waals surface area contributed by atoms with Crippen LogP contribution in [0.2, 0.25) is 0 Å². The van der Waals surface area contributed by atoms with Gasteiger partial charge in [0.2, 0.25) is 0 Å². The van der Waals surface area contributed by atoms with E-state index in [1.54, 1.807) is 0 Å². The van der Waals surface area contributed by atoms with Crippen molar-refractivity contribution in [1.82, 2.24) is 8.97 Å². The highest BCUT2D eigenvalue weighted by Crippen LogP contribution is 2.40. The van der Waals surface area contributed by atoms with Crippen LogP contribution in [-0.4, -0.2) is 8.97 Å². The molecule has 0 saturated carbocycles. The molecule has 0 amide bonds. The maximum Gasteiger partial charge on any atom is 0.263 e. The maximum absolute atomic E-state index is 13.7. The lowest BCUT2D eigenvalue weighted by Crippen LogP contribution is -2.12. The van der Waals surface area contributed by atoms with Crippen molar-refractivity contribution in [2.24, 2.45) is 0 Å². The minimum absolute atomic E-state index is 0.0391. The monoisotopic (exact) mass is 510 g/mol. The summed E-state index contributed by atoms with van der Waals surface area (Å²) < 4.78 is 4.25. The van der Waals surface area contributed by atoms with E-state index in [-0.39, 0.29) is 5.56 Å². The molecule has 0 atom stereocenters. The Morgan fingerprint density at radius 3 is 1.73 bits per heavy atom. The lowest BCUT2D eigenvalue weighted by molar-refractivity contribution is 1.18. The van der Waals surface area contributed by atoms with E-state index in [2.05, 4.69) is 114 Å². The van der Waals surface area contributed by atoms with Crippen molar-refractivity contribution in [2.75, 3.05) is 0 Å². The third-order valence-corrected chi connectivity index (χ3v) is 8.44. The molecule has 3 heterocycles. The highest BCUT2D eigenvalue weighted by molar-refractivity contribution is 6.21. The van der Waals surface area contributed by atoms with Gasteiger partial charge in [-0.15, -0.1) is 0 Å². The topological polar surface area (TPSA) is 26.4 Å². The number of rotatable bonds is 2. The lowest BCUT2D eigenvalue weighted by atomic mass is 9.96. The van der Waals surface area contributed by atoms with Crippen LogP contribution in [0, 0.1) is 0 Å². The summed E-state index contributed by atoms with van der Waals surface area (Å²) in [5.41, 5.74) is 7.83. The molecule has 0 aliphatic rings. The van der Waals surface area contributed by atoms with E-state index in [1.165, 1.54) is 21.8 Å². The summed E-state index contributed by atoms with van der Waals surface area (Å²) in [6.45, 7) is 0. The van der Waals surface area contributed by atoms with Crippen LogP contribution in [0.15, 0.2) is 138 Å². The second kappa shape index (κ2) is 7.81.